The van der Waals surface area contributed by atoms with Gasteiger partial charge in [-0.2, -0.15) is 0 Å². The van der Waals surface area contributed by atoms with Gasteiger partial charge in [-0.1, -0.05) is 31.4 Å². The quantitative estimate of drug-likeness (QED) is 0.646. The summed E-state index contributed by atoms with van der Waals surface area (Å²) in [5.74, 6) is 0.0657. The van der Waals surface area contributed by atoms with E-state index in [1.807, 2.05) is 24.3 Å². The zero-order chi connectivity index (χ0) is 21.3. The van der Waals surface area contributed by atoms with Crippen LogP contribution in [0.15, 0.2) is 24.3 Å². The molecule has 1 aromatic carbocycles. The Morgan fingerprint density at radius 1 is 1.00 bits per heavy atom. The summed E-state index contributed by atoms with van der Waals surface area (Å²) in [4.78, 5) is 35.7. The first-order chi connectivity index (χ1) is 13.7. The van der Waals surface area contributed by atoms with Crippen LogP contribution in [-0.4, -0.2) is 30.1 Å². The molecule has 0 spiro atoms. The Balaban J connectivity index is 1.66. The molecule has 0 atom stereocenters. The Morgan fingerprint density at radius 2 is 1.66 bits per heavy atom. The lowest BCUT2D eigenvalue weighted by Gasteiger charge is -2.20. The molecule has 160 valence electrons. The van der Waals surface area contributed by atoms with Gasteiger partial charge in [-0.15, -0.1) is 0 Å². The van der Waals surface area contributed by atoms with Crippen LogP contribution >= 0.6 is 0 Å². The first kappa shape index (κ1) is 22.7. The molecule has 0 heterocycles. The summed E-state index contributed by atoms with van der Waals surface area (Å²) in [6.07, 6.45) is 5.07. The van der Waals surface area contributed by atoms with Crippen molar-refractivity contribution in [3.05, 3.63) is 29.8 Å². The minimum Gasteiger partial charge on any atom is -0.444 e. The monoisotopic (exact) mass is 403 g/mol. The Hall–Kier alpha value is -2.57. The maximum absolute atomic E-state index is 12.3. The number of amides is 3. The van der Waals surface area contributed by atoms with Gasteiger partial charge in [0.2, 0.25) is 11.8 Å². The van der Waals surface area contributed by atoms with Gasteiger partial charge in [-0.3, -0.25) is 9.59 Å². The summed E-state index contributed by atoms with van der Waals surface area (Å²) in [5.41, 5.74) is 1.15. The van der Waals surface area contributed by atoms with Gasteiger partial charge in [0.1, 0.15) is 5.60 Å². The second-order valence-electron chi connectivity index (χ2n) is 8.48. The van der Waals surface area contributed by atoms with E-state index in [-0.39, 0.29) is 30.7 Å². The van der Waals surface area contributed by atoms with Gasteiger partial charge in [-0.05, 0) is 51.3 Å². The van der Waals surface area contributed by atoms with Crippen molar-refractivity contribution in [1.29, 1.82) is 0 Å². The van der Waals surface area contributed by atoms with Crippen LogP contribution in [0.3, 0.4) is 0 Å². The van der Waals surface area contributed by atoms with Gasteiger partial charge in [0.05, 0.1) is 0 Å². The molecule has 1 aliphatic carbocycles. The Bertz CT molecular complexity index is 689. The Morgan fingerprint density at radius 3 is 2.28 bits per heavy atom. The summed E-state index contributed by atoms with van der Waals surface area (Å²) in [7, 11) is 0. The molecule has 0 bridgehead atoms. The van der Waals surface area contributed by atoms with E-state index in [4.69, 9.17) is 4.74 Å². The number of benzene rings is 1. The first-order valence-electron chi connectivity index (χ1n) is 10.4. The van der Waals surface area contributed by atoms with Crippen LogP contribution in [0.25, 0.3) is 0 Å². The standard InChI is InChI=1S/C22H33N3O4/c1-22(2,3)29-21(28)23-14-13-19(26)24-15-16-9-11-18(12-10-16)25-20(27)17-7-5-4-6-8-17/h9-12,17H,4-8,13-15H2,1-3H3,(H,23,28)(H,24,26)(H,25,27). The average molecular weight is 404 g/mol. The van der Waals surface area contributed by atoms with Crippen LogP contribution in [0, 0.1) is 5.92 Å². The molecule has 1 aliphatic rings. The second-order valence-corrected chi connectivity index (χ2v) is 8.48. The van der Waals surface area contributed by atoms with Gasteiger partial charge in [-0.25, -0.2) is 4.79 Å². The van der Waals surface area contributed by atoms with E-state index in [9.17, 15) is 14.4 Å². The molecule has 0 aliphatic heterocycles. The van der Waals surface area contributed by atoms with Gasteiger partial charge in [0.25, 0.3) is 0 Å². The highest BCUT2D eigenvalue weighted by Crippen LogP contribution is 2.25. The zero-order valence-corrected chi connectivity index (χ0v) is 17.7. The van der Waals surface area contributed by atoms with Crippen LogP contribution in [-0.2, 0) is 20.9 Å². The molecule has 7 heteroatoms. The van der Waals surface area contributed by atoms with E-state index < -0.39 is 11.7 Å². The molecule has 2 rings (SSSR count). The summed E-state index contributed by atoms with van der Waals surface area (Å²) >= 11 is 0. The Labute approximate surface area is 173 Å². The third-order valence-corrected chi connectivity index (χ3v) is 4.71. The highest BCUT2D eigenvalue weighted by Gasteiger charge is 2.21. The molecule has 1 saturated carbocycles. The van der Waals surface area contributed by atoms with Crippen LogP contribution in [0.2, 0.25) is 0 Å². The van der Waals surface area contributed by atoms with E-state index in [1.165, 1.54) is 6.42 Å². The Kier molecular flexibility index (Phi) is 8.49. The zero-order valence-electron chi connectivity index (χ0n) is 17.7. The van der Waals surface area contributed by atoms with Gasteiger partial charge in [0, 0.05) is 31.1 Å². The number of ether oxygens (including phenoxy) is 1. The predicted octanol–water partition coefficient (Wildman–Crippen LogP) is 3.74. The van der Waals surface area contributed by atoms with Crippen molar-refractivity contribution in [3.63, 3.8) is 0 Å². The average Bonchev–Trinajstić information content (AvgIpc) is 2.66. The first-order valence-corrected chi connectivity index (χ1v) is 10.4. The third-order valence-electron chi connectivity index (χ3n) is 4.71. The molecule has 1 fully saturated rings. The molecule has 29 heavy (non-hydrogen) atoms. The van der Waals surface area contributed by atoms with Crippen LogP contribution in [0.4, 0.5) is 10.5 Å². The van der Waals surface area contributed by atoms with Crippen molar-refractivity contribution in [2.45, 2.75) is 71.4 Å². The fraction of sp³-hybridized carbons (Fsp3) is 0.591. The fourth-order valence-corrected chi connectivity index (χ4v) is 3.20. The smallest absolute Gasteiger partial charge is 0.407 e. The number of hydrogen-bond donors (Lipinski definition) is 3. The summed E-state index contributed by atoms with van der Waals surface area (Å²) < 4.78 is 5.11. The molecule has 3 N–H and O–H groups in total. The fourth-order valence-electron chi connectivity index (χ4n) is 3.20. The van der Waals surface area contributed by atoms with Gasteiger partial charge in [0.15, 0.2) is 0 Å². The van der Waals surface area contributed by atoms with Gasteiger partial charge >= 0.3 is 6.09 Å². The lowest BCUT2D eigenvalue weighted by molar-refractivity contribution is -0.121. The SMILES string of the molecule is CC(C)(C)OC(=O)NCCC(=O)NCc1ccc(NC(=O)C2CCCCC2)cc1. The van der Waals surface area contributed by atoms with Gasteiger partial charge < -0.3 is 20.7 Å². The minimum absolute atomic E-state index is 0.100. The molecule has 0 saturated heterocycles. The number of rotatable bonds is 7. The number of carbonyl (C=O) groups excluding carboxylic acids is 3. The predicted molar refractivity (Wildman–Crippen MR) is 112 cm³/mol. The number of carbonyl (C=O) groups is 3. The van der Waals surface area contributed by atoms with Crippen molar-refractivity contribution in [2.75, 3.05) is 11.9 Å². The normalized spacial score (nSPS) is 14.7. The maximum Gasteiger partial charge on any atom is 0.407 e. The molecule has 7 nitrogen and oxygen atoms in total. The topological polar surface area (TPSA) is 96.5 Å². The largest absolute Gasteiger partial charge is 0.444 e. The lowest BCUT2D eigenvalue weighted by Crippen LogP contribution is -2.35. The summed E-state index contributed by atoms with van der Waals surface area (Å²) in [6, 6.07) is 7.48. The van der Waals surface area contributed by atoms with Crippen molar-refractivity contribution < 1.29 is 19.1 Å². The summed E-state index contributed by atoms with van der Waals surface area (Å²) in [6.45, 7) is 5.96. The highest BCUT2D eigenvalue weighted by atomic mass is 16.6. The van der Waals surface area contributed by atoms with Crippen molar-refractivity contribution >= 4 is 23.6 Å². The van der Waals surface area contributed by atoms with Crippen molar-refractivity contribution in [2.24, 2.45) is 5.92 Å². The molecule has 0 unspecified atom stereocenters. The van der Waals surface area contributed by atoms with E-state index in [2.05, 4.69) is 16.0 Å². The molecular weight excluding hydrogens is 370 g/mol. The second kappa shape index (κ2) is 10.8. The van der Waals surface area contributed by atoms with E-state index in [0.29, 0.717) is 6.54 Å². The van der Waals surface area contributed by atoms with Crippen LogP contribution in [0.1, 0.15) is 64.9 Å². The number of alkyl carbamates (subject to hydrolysis) is 1. The minimum atomic E-state index is -0.561. The number of nitrogens with one attached hydrogen (secondary N) is 3. The number of hydrogen-bond acceptors (Lipinski definition) is 4. The molecule has 0 aromatic heterocycles. The van der Waals surface area contributed by atoms with Crippen molar-refractivity contribution in [1.82, 2.24) is 10.6 Å². The third kappa shape index (κ3) is 8.98. The summed E-state index contributed by atoms with van der Waals surface area (Å²) in [5, 5.41) is 8.35. The molecule has 3 amide bonds. The van der Waals surface area contributed by atoms with Crippen LogP contribution < -0.4 is 16.0 Å². The van der Waals surface area contributed by atoms with Crippen molar-refractivity contribution in [3.8, 4) is 0 Å². The van der Waals surface area contributed by atoms with Crippen LogP contribution in [0.5, 0.6) is 0 Å². The van der Waals surface area contributed by atoms with E-state index in [1.54, 1.807) is 20.8 Å². The highest BCUT2D eigenvalue weighted by molar-refractivity contribution is 5.92. The molecule has 0 radical (unpaired) electrons. The molecular formula is C22H33N3O4. The lowest BCUT2D eigenvalue weighted by atomic mass is 9.88. The van der Waals surface area contributed by atoms with E-state index in [0.717, 1.165) is 36.9 Å². The number of anilines is 1. The maximum atomic E-state index is 12.3. The molecule has 1 aromatic rings. The van der Waals surface area contributed by atoms with E-state index >= 15 is 0 Å².